The number of anilines is 1. The van der Waals surface area contributed by atoms with E-state index in [9.17, 15) is 9.59 Å². The lowest BCUT2D eigenvalue weighted by Gasteiger charge is -2.18. The van der Waals surface area contributed by atoms with Crippen LogP contribution in [0, 0.1) is 0 Å². The SMILES string of the molecule is CN(C)C(=O)Sc1ccc(NC(=O)c2ccc(-c3ccc4c(c3)OCCO4)s2)cc1. The number of hydrogen-bond acceptors (Lipinski definition) is 6. The van der Waals surface area contributed by atoms with Crippen LogP contribution in [-0.4, -0.2) is 43.4 Å². The smallest absolute Gasteiger partial charge is 0.285 e. The Morgan fingerprint density at radius 1 is 0.967 bits per heavy atom. The highest BCUT2D eigenvalue weighted by molar-refractivity contribution is 8.13. The zero-order valence-electron chi connectivity index (χ0n) is 16.5. The third-order valence-corrected chi connectivity index (χ3v) is 6.52. The molecule has 2 amide bonds. The van der Waals surface area contributed by atoms with Crippen LogP contribution in [0.4, 0.5) is 10.5 Å². The van der Waals surface area contributed by atoms with E-state index in [1.165, 1.54) is 16.2 Å². The van der Waals surface area contributed by atoms with Gasteiger partial charge in [-0.3, -0.25) is 9.59 Å². The van der Waals surface area contributed by atoms with Gasteiger partial charge in [-0.25, -0.2) is 0 Å². The number of hydrogen-bond donors (Lipinski definition) is 1. The first-order valence-electron chi connectivity index (χ1n) is 9.30. The Kier molecular flexibility index (Phi) is 5.96. The van der Waals surface area contributed by atoms with Gasteiger partial charge in [0.1, 0.15) is 13.2 Å². The maximum absolute atomic E-state index is 12.6. The Morgan fingerprint density at radius 3 is 2.43 bits per heavy atom. The van der Waals surface area contributed by atoms with Crippen LogP contribution in [0.15, 0.2) is 59.5 Å². The number of rotatable bonds is 4. The van der Waals surface area contributed by atoms with Gasteiger partial charge in [0.25, 0.3) is 11.1 Å². The molecule has 0 atom stereocenters. The lowest BCUT2D eigenvalue weighted by Crippen LogP contribution is -2.16. The van der Waals surface area contributed by atoms with E-state index in [0.29, 0.717) is 23.8 Å². The molecule has 0 saturated heterocycles. The maximum atomic E-state index is 12.6. The Morgan fingerprint density at radius 2 is 1.70 bits per heavy atom. The average Bonchev–Trinajstić information content (AvgIpc) is 3.25. The maximum Gasteiger partial charge on any atom is 0.285 e. The minimum absolute atomic E-state index is 0.0444. The van der Waals surface area contributed by atoms with Gasteiger partial charge in [-0.05, 0) is 71.9 Å². The summed E-state index contributed by atoms with van der Waals surface area (Å²) in [6, 6.07) is 16.7. The molecule has 1 aliphatic heterocycles. The van der Waals surface area contributed by atoms with Crippen LogP contribution in [-0.2, 0) is 0 Å². The topological polar surface area (TPSA) is 67.9 Å². The fourth-order valence-corrected chi connectivity index (χ4v) is 4.36. The molecular weight excluding hydrogens is 420 g/mol. The van der Waals surface area contributed by atoms with Gasteiger partial charge in [0, 0.05) is 29.6 Å². The van der Waals surface area contributed by atoms with E-state index in [1.54, 1.807) is 26.2 Å². The summed E-state index contributed by atoms with van der Waals surface area (Å²) in [5.41, 5.74) is 1.66. The average molecular weight is 441 g/mol. The number of ether oxygens (including phenoxy) is 2. The molecule has 8 heteroatoms. The van der Waals surface area contributed by atoms with Crippen molar-refractivity contribution < 1.29 is 19.1 Å². The summed E-state index contributed by atoms with van der Waals surface area (Å²) in [6.07, 6.45) is 0. The third kappa shape index (κ3) is 4.60. The van der Waals surface area contributed by atoms with Crippen LogP contribution in [0.1, 0.15) is 9.67 Å². The summed E-state index contributed by atoms with van der Waals surface area (Å²) >= 11 is 2.56. The van der Waals surface area contributed by atoms with Crippen molar-refractivity contribution in [3.8, 4) is 21.9 Å². The lowest BCUT2D eigenvalue weighted by atomic mass is 10.1. The van der Waals surface area contributed by atoms with Gasteiger partial charge < -0.3 is 19.7 Å². The third-order valence-electron chi connectivity index (χ3n) is 4.34. The number of thiophene rings is 1. The summed E-state index contributed by atoms with van der Waals surface area (Å²) in [4.78, 5) is 28.3. The zero-order valence-corrected chi connectivity index (χ0v) is 18.1. The van der Waals surface area contributed by atoms with Gasteiger partial charge in [0.2, 0.25) is 0 Å². The van der Waals surface area contributed by atoms with Crippen LogP contribution in [0.2, 0.25) is 0 Å². The molecule has 0 radical (unpaired) electrons. The van der Waals surface area contributed by atoms with Gasteiger partial charge >= 0.3 is 0 Å². The zero-order chi connectivity index (χ0) is 21.1. The van der Waals surface area contributed by atoms with Crippen LogP contribution >= 0.6 is 23.1 Å². The number of carbonyl (C=O) groups excluding carboxylic acids is 2. The largest absolute Gasteiger partial charge is 0.486 e. The van der Waals surface area contributed by atoms with Crippen LogP contribution in [0.25, 0.3) is 10.4 Å². The molecular formula is C22H20N2O4S2. The Balaban J connectivity index is 1.42. The highest BCUT2D eigenvalue weighted by atomic mass is 32.2. The number of benzene rings is 2. The van der Waals surface area contributed by atoms with E-state index in [2.05, 4.69) is 5.32 Å². The van der Waals surface area contributed by atoms with Crippen molar-refractivity contribution in [2.24, 2.45) is 0 Å². The van der Waals surface area contributed by atoms with Crippen LogP contribution in [0.5, 0.6) is 11.5 Å². The molecule has 1 N–H and O–H groups in total. The highest BCUT2D eigenvalue weighted by Crippen LogP contribution is 2.37. The van der Waals surface area contributed by atoms with Crippen molar-refractivity contribution in [1.29, 1.82) is 0 Å². The van der Waals surface area contributed by atoms with Crippen molar-refractivity contribution in [3.63, 3.8) is 0 Å². The molecule has 3 aromatic rings. The van der Waals surface area contributed by atoms with Gasteiger partial charge in [0.05, 0.1) is 4.88 Å². The first-order valence-corrected chi connectivity index (χ1v) is 10.9. The number of nitrogens with one attached hydrogen (secondary N) is 1. The van der Waals surface area contributed by atoms with E-state index in [-0.39, 0.29) is 11.1 Å². The summed E-state index contributed by atoms with van der Waals surface area (Å²) in [5, 5.41) is 2.85. The molecule has 2 aromatic carbocycles. The number of nitrogens with zero attached hydrogens (tertiary/aromatic N) is 1. The Labute approximate surface area is 182 Å². The molecule has 0 fully saturated rings. The monoisotopic (exact) mass is 440 g/mol. The first kappa shape index (κ1) is 20.3. The lowest BCUT2D eigenvalue weighted by molar-refractivity contribution is 0.103. The van der Waals surface area contributed by atoms with E-state index in [1.807, 2.05) is 42.5 Å². The van der Waals surface area contributed by atoms with Crippen molar-refractivity contribution in [1.82, 2.24) is 4.90 Å². The molecule has 2 heterocycles. The molecule has 30 heavy (non-hydrogen) atoms. The number of amides is 2. The molecule has 0 aliphatic carbocycles. The van der Waals surface area contributed by atoms with Gasteiger partial charge in [0.15, 0.2) is 11.5 Å². The van der Waals surface area contributed by atoms with E-state index in [0.717, 1.165) is 38.6 Å². The number of thioether (sulfide) groups is 1. The van der Waals surface area contributed by atoms with Crippen LogP contribution in [0.3, 0.4) is 0 Å². The summed E-state index contributed by atoms with van der Waals surface area (Å²) in [6.45, 7) is 1.09. The number of fused-ring (bicyclic) bond motifs is 1. The number of carbonyl (C=O) groups is 2. The predicted molar refractivity (Wildman–Crippen MR) is 120 cm³/mol. The second kappa shape index (κ2) is 8.81. The first-order chi connectivity index (χ1) is 14.5. The van der Waals surface area contributed by atoms with Crippen molar-refractivity contribution in [2.45, 2.75) is 4.90 Å². The fourth-order valence-electron chi connectivity index (χ4n) is 2.80. The minimum Gasteiger partial charge on any atom is -0.486 e. The Hall–Kier alpha value is -2.97. The van der Waals surface area contributed by atoms with Crippen molar-refractivity contribution in [3.05, 3.63) is 59.5 Å². The Bertz CT molecular complexity index is 1080. The molecule has 0 unspecified atom stereocenters. The quantitative estimate of drug-likeness (QED) is 0.564. The molecule has 154 valence electrons. The van der Waals surface area contributed by atoms with E-state index >= 15 is 0 Å². The minimum atomic E-state index is -0.173. The summed E-state index contributed by atoms with van der Waals surface area (Å²) < 4.78 is 11.2. The highest BCUT2D eigenvalue weighted by Gasteiger charge is 2.15. The molecule has 0 bridgehead atoms. The fraction of sp³-hybridized carbons (Fsp3) is 0.182. The van der Waals surface area contributed by atoms with E-state index in [4.69, 9.17) is 9.47 Å². The second-order valence-electron chi connectivity index (χ2n) is 6.76. The van der Waals surface area contributed by atoms with Crippen molar-refractivity contribution in [2.75, 3.05) is 32.6 Å². The molecule has 4 rings (SSSR count). The summed E-state index contributed by atoms with van der Waals surface area (Å²) in [7, 11) is 3.42. The standard InChI is InChI=1S/C22H20N2O4S2/c1-24(2)22(26)29-16-6-4-15(5-7-16)23-21(25)20-10-9-19(30-20)14-3-8-17-18(13-14)28-12-11-27-17/h3-10,13H,11-12H2,1-2H3,(H,23,25). The van der Waals surface area contributed by atoms with Gasteiger partial charge in [-0.15, -0.1) is 11.3 Å². The van der Waals surface area contributed by atoms with Crippen molar-refractivity contribution >= 4 is 39.9 Å². The second-order valence-corrected chi connectivity index (χ2v) is 8.87. The normalized spacial score (nSPS) is 12.3. The van der Waals surface area contributed by atoms with Crippen LogP contribution < -0.4 is 14.8 Å². The predicted octanol–water partition coefficient (Wildman–Crippen LogP) is 5.21. The van der Waals surface area contributed by atoms with Gasteiger partial charge in [-0.2, -0.15) is 0 Å². The molecule has 0 saturated carbocycles. The summed E-state index contributed by atoms with van der Waals surface area (Å²) in [5.74, 6) is 1.30. The molecule has 0 spiro atoms. The molecule has 6 nitrogen and oxygen atoms in total. The molecule has 1 aromatic heterocycles. The molecule has 1 aliphatic rings. The van der Waals surface area contributed by atoms with E-state index < -0.39 is 0 Å². The van der Waals surface area contributed by atoms with Gasteiger partial charge in [-0.1, -0.05) is 0 Å².